The Morgan fingerprint density at radius 2 is 1.86 bits per heavy atom. The van der Waals surface area contributed by atoms with Crippen LogP contribution >= 0.6 is 11.3 Å². The number of aromatic nitrogens is 1. The van der Waals surface area contributed by atoms with Crippen molar-refractivity contribution >= 4 is 21.4 Å². The van der Waals surface area contributed by atoms with E-state index in [4.69, 9.17) is 4.74 Å². The highest BCUT2D eigenvalue weighted by Gasteiger charge is 2.19. The molecule has 0 spiro atoms. The Hall–Kier alpha value is -1.44. The molecule has 2 rings (SSSR count). The summed E-state index contributed by atoms with van der Waals surface area (Å²) in [6.07, 6.45) is 0. The van der Waals surface area contributed by atoms with Crippen molar-refractivity contribution in [2.45, 2.75) is 39.1 Å². The van der Waals surface area contributed by atoms with Crippen LogP contribution in [-0.2, 0) is 16.6 Å². The fraction of sp³-hybridized carbons (Fsp3) is 0.400. The number of methoxy groups -OCH3 is 1. The Morgan fingerprint density at radius 1 is 1.18 bits per heavy atom. The quantitative estimate of drug-likeness (QED) is 0.909. The van der Waals surface area contributed by atoms with Crippen LogP contribution in [0.4, 0.5) is 0 Å². The smallest absolute Gasteiger partial charge is 0.241 e. The van der Waals surface area contributed by atoms with Gasteiger partial charge in [-0.1, -0.05) is 0 Å². The Morgan fingerprint density at radius 3 is 2.41 bits per heavy atom. The SMILES string of the molecule is COc1cc(C)c(S(=O)(=O)NCc2nc(C)c(C)s2)cc1C. The fourth-order valence-corrected chi connectivity index (χ4v) is 4.38. The van der Waals surface area contributed by atoms with Crippen molar-refractivity contribution in [3.8, 4) is 5.75 Å². The van der Waals surface area contributed by atoms with E-state index in [-0.39, 0.29) is 11.4 Å². The zero-order chi connectivity index (χ0) is 16.5. The van der Waals surface area contributed by atoms with Crippen LogP contribution in [0, 0.1) is 27.7 Å². The summed E-state index contributed by atoms with van der Waals surface area (Å²) in [6.45, 7) is 7.67. The molecule has 5 nitrogen and oxygen atoms in total. The third-order valence-corrected chi connectivity index (χ3v) is 6.08. The van der Waals surface area contributed by atoms with E-state index in [1.807, 2.05) is 20.8 Å². The van der Waals surface area contributed by atoms with Crippen molar-refractivity contribution in [2.75, 3.05) is 7.11 Å². The van der Waals surface area contributed by atoms with Gasteiger partial charge in [0.25, 0.3) is 0 Å². The average molecular weight is 340 g/mol. The number of benzene rings is 1. The lowest BCUT2D eigenvalue weighted by atomic mass is 10.1. The topological polar surface area (TPSA) is 68.3 Å². The number of rotatable bonds is 5. The average Bonchev–Trinajstić information content (AvgIpc) is 2.77. The van der Waals surface area contributed by atoms with Crippen LogP contribution in [-0.4, -0.2) is 20.5 Å². The van der Waals surface area contributed by atoms with Crippen molar-refractivity contribution in [1.29, 1.82) is 0 Å². The minimum atomic E-state index is -3.58. The monoisotopic (exact) mass is 340 g/mol. The van der Waals surface area contributed by atoms with Crippen molar-refractivity contribution in [1.82, 2.24) is 9.71 Å². The van der Waals surface area contributed by atoms with E-state index in [1.54, 1.807) is 26.2 Å². The molecule has 1 heterocycles. The van der Waals surface area contributed by atoms with Gasteiger partial charge < -0.3 is 4.74 Å². The largest absolute Gasteiger partial charge is 0.496 e. The van der Waals surface area contributed by atoms with Gasteiger partial charge in [-0.25, -0.2) is 18.1 Å². The van der Waals surface area contributed by atoms with Gasteiger partial charge in [-0.05, 0) is 51.0 Å². The maximum absolute atomic E-state index is 12.5. The number of thiazole rings is 1. The second kappa shape index (κ2) is 6.36. The highest BCUT2D eigenvalue weighted by atomic mass is 32.2. The summed E-state index contributed by atoms with van der Waals surface area (Å²) in [4.78, 5) is 5.72. The molecule has 0 amide bonds. The Bertz CT molecular complexity index is 776. The summed E-state index contributed by atoms with van der Waals surface area (Å²) in [5.74, 6) is 0.683. The van der Waals surface area contributed by atoms with Gasteiger partial charge in [0.2, 0.25) is 10.0 Å². The van der Waals surface area contributed by atoms with Gasteiger partial charge in [-0.3, -0.25) is 0 Å². The van der Waals surface area contributed by atoms with E-state index in [9.17, 15) is 8.42 Å². The van der Waals surface area contributed by atoms with Gasteiger partial charge in [-0.2, -0.15) is 0 Å². The summed E-state index contributed by atoms with van der Waals surface area (Å²) in [6, 6.07) is 3.37. The lowest BCUT2D eigenvalue weighted by molar-refractivity contribution is 0.411. The van der Waals surface area contributed by atoms with Gasteiger partial charge in [0, 0.05) is 4.88 Å². The molecule has 0 saturated heterocycles. The molecule has 0 unspecified atom stereocenters. The molecule has 22 heavy (non-hydrogen) atoms. The third kappa shape index (κ3) is 3.48. The molecule has 1 aromatic heterocycles. The first-order valence-corrected chi connectivity index (χ1v) is 9.12. The zero-order valence-electron chi connectivity index (χ0n) is 13.4. The number of sulfonamides is 1. The zero-order valence-corrected chi connectivity index (χ0v) is 15.0. The van der Waals surface area contributed by atoms with Gasteiger partial charge in [0.15, 0.2) is 0 Å². The summed E-state index contributed by atoms with van der Waals surface area (Å²) >= 11 is 1.51. The number of ether oxygens (including phenoxy) is 1. The van der Waals surface area contributed by atoms with Gasteiger partial charge >= 0.3 is 0 Å². The van der Waals surface area contributed by atoms with E-state index >= 15 is 0 Å². The minimum Gasteiger partial charge on any atom is -0.496 e. The van der Waals surface area contributed by atoms with Crippen LogP contribution in [0.25, 0.3) is 0 Å². The fourth-order valence-electron chi connectivity index (χ4n) is 2.12. The van der Waals surface area contributed by atoms with Crippen LogP contribution in [0.3, 0.4) is 0 Å². The first-order valence-electron chi connectivity index (χ1n) is 6.82. The number of hydrogen-bond acceptors (Lipinski definition) is 5. The predicted octanol–water partition coefficient (Wildman–Crippen LogP) is 2.86. The van der Waals surface area contributed by atoms with Crippen molar-refractivity contribution < 1.29 is 13.2 Å². The normalized spacial score (nSPS) is 11.7. The van der Waals surface area contributed by atoms with Gasteiger partial charge in [-0.15, -0.1) is 11.3 Å². The summed E-state index contributed by atoms with van der Waals surface area (Å²) in [5, 5.41) is 0.765. The molecule has 7 heteroatoms. The van der Waals surface area contributed by atoms with E-state index < -0.39 is 10.0 Å². The highest BCUT2D eigenvalue weighted by molar-refractivity contribution is 7.89. The molecule has 1 aromatic carbocycles. The molecule has 0 aliphatic rings. The van der Waals surface area contributed by atoms with Gasteiger partial charge in [0.1, 0.15) is 10.8 Å². The second-order valence-corrected chi connectivity index (χ2v) is 8.18. The van der Waals surface area contributed by atoms with Crippen molar-refractivity contribution in [2.24, 2.45) is 0 Å². The maximum atomic E-state index is 12.5. The van der Waals surface area contributed by atoms with Crippen molar-refractivity contribution in [3.05, 3.63) is 38.8 Å². The van der Waals surface area contributed by atoms with Crippen LogP contribution in [0.2, 0.25) is 0 Å². The summed E-state index contributed by atoms with van der Waals surface area (Å²) < 4.78 is 32.8. The molecule has 0 radical (unpaired) electrons. The van der Waals surface area contributed by atoms with E-state index in [1.165, 1.54) is 11.3 Å². The van der Waals surface area contributed by atoms with Crippen LogP contribution in [0.15, 0.2) is 17.0 Å². The van der Waals surface area contributed by atoms with Gasteiger partial charge in [0.05, 0.1) is 24.2 Å². The van der Waals surface area contributed by atoms with Crippen molar-refractivity contribution in [3.63, 3.8) is 0 Å². The summed E-state index contributed by atoms with van der Waals surface area (Å²) in [5.41, 5.74) is 2.38. The molecule has 0 aliphatic heterocycles. The molecule has 0 atom stereocenters. The maximum Gasteiger partial charge on any atom is 0.241 e. The molecule has 120 valence electrons. The highest BCUT2D eigenvalue weighted by Crippen LogP contribution is 2.26. The molecule has 0 aliphatic carbocycles. The number of aryl methyl sites for hydroxylation is 4. The first-order chi connectivity index (χ1) is 10.2. The van der Waals surface area contributed by atoms with E-state index in [0.717, 1.165) is 21.1 Å². The third-order valence-electron chi connectivity index (χ3n) is 3.47. The molecule has 1 N–H and O–H groups in total. The van der Waals surface area contributed by atoms with E-state index in [2.05, 4.69) is 9.71 Å². The second-order valence-electron chi connectivity index (χ2n) is 5.16. The Labute approximate surface area is 135 Å². The standard InChI is InChI=1S/C15H20N2O3S2/c1-9-7-14(10(2)6-13(9)20-5)22(18,19)16-8-15-17-11(3)12(4)21-15/h6-7,16H,8H2,1-5H3. The Kier molecular flexibility index (Phi) is 4.89. The van der Waals surface area contributed by atoms with Crippen LogP contribution in [0.1, 0.15) is 26.7 Å². The lowest BCUT2D eigenvalue weighted by Crippen LogP contribution is -2.24. The van der Waals surface area contributed by atoms with Crippen LogP contribution < -0.4 is 9.46 Å². The number of nitrogens with one attached hydrogen (secondary N) is 1. The lowest BCUT2D eigenvalue weighted by Gasteiger charge is -2.12. The van der Waals surface area contributed by atoms with Crippen LogP contribution in [0.5, 0.6) is 5.75 Å². The minimum absolute atomic E-state index is 0.201. The predicted molar refractivity (Wildman–Crippen MR) is 88.1 cm³/mol. The molecule has 0 saturated carbocycles. The number of hydrogen-bond donors (Lipinski definition) is 1. The molecule has 2 aromatic rings. The first kappa shape index (κ1) is 16.9. The molecule has 0 fully saturated rings. The van der Waals surface area contributed by atoms with E-state index in [0.29, 0.717) is 11.3 Å². The number of nitrogens with zero attached hydrogens (tertiary/aromatic N) is 1. The molecular weight excluding hydrogens is 320 g/mol. The molecule has 0 bridgehead atoms. The molecular formula is C15H20N2O3S2. The summed E-state index contributed by atoms with van der Waals surface area (Å²) in [7, 11) is -2.01. The Balaban J connectivity index is 2.25.